The summed E-state index contributed by atoms with van der Waals surface area (Å²) in [7, 11) is 0. The average Bonchev–Trinajstić information content (AvgIpc) is 2.76. The van der Waals surface area contributed by atoms with Crippen molar-refractivity contribution in [2.45, 2.75) is 135 Å². The molecule has 0 aliphatic carbocycles. The van der Waals surface area contributed by atoms with E-state index in [9.17, 15) is 9.90 Å². The smallest absolute Gasteiger partial charge is 0.338 e. The lowest BCUT2D eigenvalue weighted by atomic mass is 10.0. The number of carboxylic acids is 1. The van der Waals surface area contributed by atoms with E-state index < -0.39 is 12.0 Å². The third-order valence-electron chi connectivity index (χ3n) is 6.48. The molecule has 0 aromatic heterocycles. The molecule has 1 unspecified atom stereocenters. The van der Waals surface area contributed by atoms with E-state index in [-0.39, 0.29) is 5.96 Å². The quantitative estimate of drug-likeness (QED) is 0.100. The lowest BCUT2D eigenvalue weighted by molar-refractivity contribution is -0.919. The highest BCUT2D eigenvalue weighted by Crippen LogP contribution is 2.09. The predicted octanol–water partition coefficient (Wildman–Crippen LogP) is 1.41. The molecule has 0 heterocycles. The van der Waals surface area contributed by atoms with Gasteiger partial charge in [-0.25, -0.2) is 0 Å². The highest BCUT2D eigenvalue weighted by atomic mass is 16.4. The fourth-order valence-corrected chi connectivity index (χ4v) is 4.47. The monoisotopic (exact) mass is 455 g/mol. The molecule has 32 heavy (non-hydrogen) atoms. The Balaban J connectivity index is 4.43. The van der Waals surface area contributed by atoms with Gasteiger partial charge in [0, 0.05) is 6.42 Å². The second-order valence-electron chi connectivity index (χ2n) is 9.50. The molecule has 0 aliphatic rings. The van der Waals surface area contributed by atoms with Gasteiger partial charge in [-0.2, -0.15) is 0 Å². The molecule has 0 bridgehead atoms. The minimum atomic E-state index is -0.913. The van der Waals surface area contributed by atoms with Crippen LogP contribution in [0.1, 0.15) is 129 Å². The van der Waals surface area contributed by atoms with Crippen LogP contribution in [0.3, 0.4) is 0 Å². The Hall–Kier alpha value is -1.30. The van der Waals surface area contributed by atoms with E-state index in [1.807, 2.05) is 0 Å². The van der Waals surface area contributed by atoms with Gasteiger partial charge < -0.3 is 14.8 Å². The van der Waals surface area contributed by atoms with Crippen molar-refractivity contribution in [3.63, 3.8) is 0 Å². The van der Waals surface area contributed by atoms with E-state index in [0.29, 0.717) is 13.0 Å². The molecule has 6 heteroatoms. The molecular weight excluding hydrogens is 400 g/mol. The maximum Gasteiger partial charge on any atom is 0.338 e. The fourth-order valence-electron chi connectivity index (χ4n) is 4.47. The number of nitrogens with two attached hydrogens (primary N) is 2. The molecule has 0 saturated heterocycles. The van der Waals surface area contributed by atoms with Crippen LogP contribution in [0.4, 0.5) is 0 Å². The van der Waals surface area contributed by atoms with E-state index in [0.717, 1.165) is 32.4 Å². The highest BCUT2D eigenvalue weighted by Gasteiger charge is 2.22. The van der Waals surface area contributed by atoms with E-state index in [1.54, 1.807) is 0 Å². The maximum absolute atomic E-state index is 11.9. The van der Waals surface area contributed by atoms with Crippen LogP contribution >= 0.6 is 0 Å². The number of carbonyl (C=O) groups excluding carboxylic acids is 1. The molecule has 0 amide bonds. The van der Waals surface area contributed by atoms with Crippen molar-refractivity contribution in [3.8, 4) is 0 Å². The highest BCUT2D eigenvalue weighted by molar-refractivity contribution is 5.69. The van der Waals surface area contributed by atoms with Gasteiger partial charge in [0.1, 0.15) is 6.04 Å². The van der Waals surface area contributed by atoms with Crippen LogP contribution in [-0.4, -0.2) is 37.6 Å². The zero-order valence-electron chi connectivity index (χ0n) is 21.4. The van der Waals surface area contributed by atoms with E-state index in [1.165, 1.54) is 94.8 Å². The number of hydrogen-bond donors (Lipinski definition) is 4. The van der Waals surface area contributed by atoms with Crippen molar-refractivity contribution < 1.29 is 19.8 Å². The summed E-state index contributed by atoms with van der Waals surface area (Å²) in [5.41, 5.74) is 10.9. The van der Waals surface area contributed by atoms with Crippen LogP contribution in [0.5, 0.6) is 0 Å². The summed E-state index contributed by atoms with van der Waals surface area (Å²) < 4.78 is 0. The summed E-state index contributed by atoms with van der Waals surface area (Å²) in [6, 6.07) is -0.440. The molecule has 6 N–H and O–H groups in total. The van der Waals surface area contributed by atoms with Gasteiger partial charge in [0.15, 0.2) is 0 Å². The second-order valence-corrected chi connectivity index (χ2v) is 9.50. The molecule has 0 fully saturated rings. The van der Waals surface area contributed by atoms with Gasteiger partial charge in [0.25, 0.3) is 0 Å². The van der Waals surface area contributed by atoms with Crippen molar-refractivity contribution in [1.82, 2.24) is 0 Å². The molecule has 0 aromatic carbocycles. The number of quaternary nitrogens is 1. The first-order valence-electron chi connectivity index (χ1n) is 13.7. The number of guanidine groups is 1. The van der Waals surface area contributed by atoms with E-state index >= 15 is 0 Å². The largest absolute Gasteiger partial charge is 0.544 e. The molecule has 6 nitrogen and oxygen atoms in total. The Kier molecular flexibility index (Phi) is 21.9. The van der Waals surface area contributed by atoms with Crippen molar-refractivity contribution in [2.75, 3.05) is 19.6 Å². The molecule has 0 radical (unpaired) electrons. The third-order valence-corrected chi connectivity index (χ3v) is 6.48. The van der Waals surface area contributed by atoms with Gasteiger partial charge in [-0.05, 0) is 32.1 Å². The summed E-state index contributed by atoms with van der Waals surface area (Å²) in [5.74, 6) is -0.721. The lowest BCUT2D eigenvalue weighted by Crippen LogP contribution is -3.17. The Morgan fingerprint density at radius 3 is 1.50 bits per heavy atom. The standard InChI is InChI=1S/C26H54N4O2/c1-3-5-7-9-11-13-15-17-22-30(23-18-16-14-12-10-8-6-4-2)24(25(31)32)20-19-21-29-26(27)28/h24H,3-23H2,1-2H3,(H,31,32)(H4,27,28,29)/p+1. The molecule has 0 saturated carbocycles. The second kappa shape index (κ2) is 22.9. The molecule has 1 atom stereocenters. The molecule has 190 valence electrons. The Morgan fingerprint density at radius 2 is 1.12 bits per heavy atom. The molecule has 0 rings (SSSR count). The summed E-state index contributed by atoms with van der Waals surface area (Å²) in [6.45, 7) is 6.97. The first-order chi connectivity index (χ1) is 15.5. The van der Waals surface area contributed by atoms with Crippen molar-refractivity contribution >= 4 is 11.9 Å². The van der Waals surface area contributed by atoms with Gasteiger partial charge in [-0.15, -0.1) is 0 Å². The van der Waals surface area contributed by atoms with Crippen LogP contribution in [0.2, 0.25) is 0 Å². The first kappa shape index (κ1) is 30.7. The molecule has 0 aromatic rings. The zero-order valence-corrected chi connectivity index (χ0v) is 21.4. The van der Waals surface area contributed by atoms with Crippen LogP contribution in [-0.2, 0) is 4.79 Å². The van der Waals surface area contributed by atoms with Gasteiger partial charge in [-0.3, -0.25) is 16.5 Å². The predicted molar refractivity (Wildman–Crippen MR) is 133 cm³/mol. The fraction of sp³-hybridized carbons (Fsp3) is 0.923. The number of hydrogen-bond acceptors (Lipinski definition) is 2. The number of carboxylic acid groups (broad SMARTS) is 1. The Morgan fingerprint density at radius 1 is 0.719 bits per heavy atom. The van der Waals surface area contributed by atoms with Crippen molar-refractivity contribution in [3.05, 3.63) is 0 Å². The first-order valence-corrected chi connectivity index (χ1v) is 13.7. The zero-order chi connectivity index (χ0) is 23.9. The van der Waals surface area contributed by atoms with Gasteiger partial charge in [-0.1, -0.05) is 90.9 Å². The third kappa shape index (κ3) is 19.4. The minimum absolute atomic E-state index is 0.192. The Bertz CT molecular complexity index is 433. The topological polar surface area (TPSA) is 111 Å². The number of aliphatic carboxylic acids is 1. The maximum atomic E-state index is 11.9. The van der Waals surface area contributed by atoms with Crippen LogP contribution in [0.15, 0.2) is 0 Å². The van der Waals surface area contributed by atoms with Crippen LogP contribution < -0.4 is 26.5 Å². The van der Waals surface area contributed by atoms with Crippen LogP contribution in [0, 0.1) is 0 Å². The molecule has 0 spiro atoms. The normalized spacial score (nSPS) is 12.2. The van der Waals surface area contributed by atoms with E-state index in [2.05, 4.69) is 18.8 Å². The number of carbonyl (C=O) groups is 1. The Labute approximate surface area is 198 Å². The minimum Gasteiger partial charge on any atom is -0.544 e. The summed E-state index contributed by atoms with van der Waals surface area (Å²) in [6.07, 6.45) is 21.7. The lowest BCUT2D eigenvalue weighted by Gasteiger charge is -2.29. The molecule has 0 aliphatic heterocycles. The number of nitrogens with one attached hydrogen (secondary N) is 2. The summed E-state index contributed by atoms with van der Waals surface area (Å²) >= 11 is 0. The molecular formula is C26H55N4O2+. The van der Waals surface area contributed by atoms with E-state index in [4.69, 9.17) is 11.5 Å². The SMILES string of the molecule is CCCCCCCCCC[NH+](CCCCCCCCCC)C(CCC[NH+]=C(N)N)C(=O)[O-]. The number of rotatable bonds is 24. The van der Waals surface area contributed by atoms with Gasteiger partial charge in [0.2, 0.25) is 0 Å². The average molecular weight is 456 g/mol. The van der Waals surface area contributed by atoms with Gasteiger partial charge >= 0.3 is 5.96 Å². The van der Waals surface area contributed by atoms with Gasteiger partial charge in [0.05, 0.1) is 25.6 Å². The van der Waals surface area contributed by atoms with Crippen LogP contribution in [0.25, 0.3) is 0 Å². The number of unbranched alkanes of at least 4 members (excludes halogenated alkanes) is 14. The van der Waals surface area contributed by atoms with Crippen molar-refractivity contribution in [1.29, 1.82) is 0 Å². The summed E-state index contributed by atoms with van der Waals surface area (Å²) in [4.78, 5) is 16.0. The van der Waals surface area contributed by atoms with Crippen molar-refractivity contribution in [2.24, 2.45) is 11.5 Å². The summed E-state index contributed by atoms with van der Waals surface area (Å²) in [5, 5.41) is 11.9.